The standard InChI is InChI=1S/C16H23N3O6S/c1-2-6-14(16(20)21)17-13-8-7-12(11-15(13)19(22)23)26(24,25)18-9-4-3-5-10-18/h7-8,11,14,17H,2-6,9-10H2,1H3,(H,20,21). The van der Waals surface area contributed by atoms with Gasteiger partial charge in [-0.25, -0.2) is 13.2 Å². The summed E-state index contributed by atoms with van der Waals surface area (Å²) in [7, 11) is -3.81. The summed E-state index contributed by atoms with van der Waals surface area (Å²) in [6.07, 6.45) is 3.36. The molecule has 1 saturated heterocycles. The molecule has 0 saturated carbocycles. The summed E-state index contributed by atoms with van der Waals surface area (Å²) in [5, 5.41) is 23.2. The molecular formula is C16H23N3O6S. The van der Waals surface area contributed by atoms with E-state index >= 15 is 0 Å². The molecule has 0 aromatic heterocycles. The van der Waals surface area contributed by atoms with Gasteiger partial charge in [0.05, 0.1) is 9.82 Å². The number of carboxylic acids is 1. The number of sulfonamides is 1. The van der Waals surface area contributed by atoms with E-state index in [0.29, 0.717) is 25.9 Å². The van der Waals surface area contributed by atoms with Gasteiger partial charge in [-0.2, -0.15) is 4.31 Å². The lowest BCUT2D eigenvalue weighted by atomic mass is 10.1. The Hall–Kier alpha value is -2.20. The smallest absolute Gasteiger partial charge is 0.326 e. The maximum absolute atomic E-state index is 12.7. The fourth-order valence-corrected chi connectivity index (χ4v) is 4.47. The number of rotatable bonds is 8. The summed E-state index contributed by atoms with van der Waals surface area (Å²) in [6.45, 7) is 2.60. The highest BCUT2D eigenvalue weighted by Gasteiger charge is 2.29. The number of carboxylic acid groups (broad SMARTS) is 1. The van der Waals surface area contributed by atoms with Crippen molar-refractivity contribution in [2.75, 3.05) is 18.4 Å². The Morgan fingerprint density at radius 1 is 1.35 bits per heavy atom. The van der Waals surface area contributed by atoms with Crippen LogP contribution in [0, 0.1) is 10.1 Å². The molecule has 0 amide bonds. The molecule has 2 rings (SSSR count). The molecule has 1 unspecified atom stereocenters. The number of nitro benzene ring substituents is 1. The second-order valence-corrected chi connectivity index (χ2v) is 8.16. The Morgan fingerprint density at radius 3 is 2.54 bits per heavy atom. The second-order valence-electron chi connectivity index (χ2n) is 6.22. The Morgan fingerprint density at radius 2 is 2.00 bits per heavy atom. The van der Waals surface area contributed by atoms with Gasteiger partial charge in [0.1, 0.15) is 11.7 Å². The van der Waals surface area contributed by atoms with Crippen LogP contribution in [0.4, 0.5) is 11.4 Å². The molecule has 1 fully saturated rings. The van der Waals surface area contributed by atoms with E-state index in [9.17, 15) is 28.4 Å². The molecule has 0 radical (unpaired) electrons. The van der Waals surface area contributed by atoms with E-state index in [0.717, 1.165) is 25.3 Å². The van der Waals surface area contributed by atoms with E-state index in [1.54, 1.807) is 6.92 Å². The molecular weight excluding hydrogens is 362 g/mol. The minimum Gasteiger partial charge on any atom is -0.480 e. The Labute approximate surface area is 152 Å². The molecule has 1 aliphatic heterocycles. The van der Waals surface area contributed by atoms with Crippen LogP contribution in [0.5, 0.6) is 0 Å². The lowest BCUT2D eigenvalue weighted by Crippen LogP contribution is -2.35. The molecule has 2 N–H and O–H groups in total. The van der Waals surface area contributed by atoms with Crippen LogP contribution in [0.2, 0.25) is 0 Å². The number of anilines is 1. The number of nitro groups is 1. The predicted octanol–water partition coefficient (Wildman–Crippen LogP) is 2.43. The summed E-state index contributed by atoms with van der Waals surface area (Å²) < 4.78 is 26.7. The maximum Gasteiger partial charge on any atom is 0.326 e. The number of piperidine rings is 1. The van der Waals surface area contributed by atoms with Crippen LogP contribution in [-0.4, -0.2) is 47.9 Å². The topological polar surface area (TPSA) is 130 Å². The average molecular weight is 385 g/mol. The van der Waals surface area contributed by atoms with Gasteiger partial charge in [-0.15, -0.1) is 0 Å². The van der Waals surface area contributed by atoms with Crippen molar-refractivity contribution in [3.05, 3.63) is 28.3 Å². The molecule has 10 heteroatoms. The Bertz CT molecular complexity index is 774. The highest BCUT2D eigenvalue weighted by molar-refractivity contribution is 7.89. The Balaban J connectivity index is 2.36. The van der Waals surface area contributed by atoms with Gasteiger partial charge < -0.3 is 10.4 Å². The molecule has 9 nitrogen and oxygen atoms in total. The van der Waals surface area contributed by atoms with Crippen molar-refractivity contribution in [3.63, 3.8) is 0 Å². The molecule has 26 heavy (non-hydrogen) atoms. The fraction of sp³-hybridized carbons (Fsp3) is 0.562. The summed E-state index contributed by atoms with van der Waals surface area (Å²) in [4.78, 5) is 21.8. The van der Waals surface area contributed by atoms with Crippen LogP contribution in [-0.2, 0) is 14.8 Å². The van der Waals surface area contributed by atoms with Crippen LogP contribution >= 0.6 is 0 Å². The van der Waals surface area contributed by atoms with E-state index in [1.807, 2.05) is 0 Å². The van der Waals surface area contributed by atoms with Gasteiger partial charge in [0, 0.05) is 19.2 Å². The van der Waals surface area contributed by atoms with Crippen LogP contribution < -0.4 is 5.32 Å². The minimum absolute atomic E-state index is 0.00607. The zero-order chi connectivity index (χ0) is 19.3. The maximum atomic E-state index is 12.7. The van der Waals surface area contributed by atoms with Gasteiger partial charge in [0.15, 0.2) is 0 Å². The lowest BCUT2D eigenvalue weighted by molar-refractivity contribution is -0.384. The third kappa shape index (κ3) is 4.50. The van der Waals surface area contributed by atoms with Crippen LogP contribution in [0.3, 0.4) is 0 Å². The Kier molecular flexibility index (Phi) is 6.54. The molecule has 0 aliphatic carbocycles. The SMILES string of the molecule is CCCC(Nc1ccc(S(=O)(=O)N2CCCCC2)cc1[N+](=O)[O-])C(=O)O. The van der Waals surface area contributed by atoms with Gasteiger partial charge in [0.25, 0.3) is 5.69 Å². The van der Waals surface area contributed by atoms with Crippen molar-refractivity contribution >= 4 is 27.4 Å². The highest BCUT2D eigenvalue weighted by Crippen LogP contribution is 2.30. The molecule has 1 aliphatic rings. The van der Waals surface area contributed by atoms with Gasteiger partial charge >= 0.3 is 5.97 Å². The first-order valence-electron chi connectivity index (χ1n) is 8.55. The molecule has 144 valence electrons. The first-order chi connectivity index (χ1) is 12.3. The van der Waals surface area contributed by atoms with E-state index in [2.05, 4.69) is 5.32 Å². The quantitative estimate of drug-likeness (QED) is 0.519. The largest absolute Gasteiger partial charge is 0.480 e. The first kappa shape index (κ1) is 20.1. The molecule has 1 heterocycles. The molecule has 0 bridgehead atoms. The van der Waals surface area contributed by atoms with Crippen molar-refractivity contribution in [3.8, 4) is 0 Å². The van der Waals surface area contributed by atoms with Crippen molar-refractivity contribution in [1.29, 1.82) is 0 Å². The van der Waals surface area contributed by atoms with Crippen LogP contribution in [0.1, 0.15) is 39.0 Å². The second kappa shape index (κ2) is 8.45. The van der Waals surface area contributed by atoms with Crippen molar-refractivity contribution in [2.45, 2.75) is 50.0 Å². The summed E-state index contributed by atoms with van der Waals surface area (Å²) >= 11 is 0. The average Bonchev–Trinajstić information content (AvgIpc) is 2.62. The fourth-order valence-electron chi connectivity index (χ4n) is 2.93. The number of nitrogens with one attached hydrogen (secondary N) is 1. The zero-order valence-corrected chi connectivity index (χ0v) is 15.4. The van der Waals surface area contributed by atoms with Gasteiger partial charge in [-0.05, 0) is 31.4 Å². The van der Waals surface area contributed by atoms with Crippen molar-refractivity contribution in [1.82, 2.24) is 4.31 Å². The third-order valence-corrected chi connectivity index (χ3v) is 6.22. The summed E-state index contributed by atoms with van der Waals surface area (Å²) in [5.41, 5.74) is -0.459. The monoisotopic (exact) mass is 385 g/mol. The number of nitrogens with zero attached hydrogens (tertiary/aromatic N) is 2. The highest BCUT2D eigenvalue weighted by atomic mass is 32.2. The molecule has 0 spiro atoms. The minimum atomic E-state index is -3.81. The first-order valence-corrected chi connectivity index (χ1v) is 9.99. The summed E-state index contributed by atoms with van der Waals surface area (Å²) in [5.74, 6) is -1.12. The van der Waals surface area contributed by atoms with E-state index < -0.39 is 32.6 Å². The van der Waals surface area contributed by atoms with E-state index in [4.69, 9.17) is 0 Å². The van der Waals surface area contributed by atoms with Crippen LogP contribution in [0.15, 0.2) is 23.1 Å². The lowest BCUT2D eigenvalue weighted by Gasteiger charge is -2.26. The van der Waals surface area contributed by atoms with Gasteiger partial charge in [0.2, 0.25) is 10.0 Å². The molecule has 1 aromatic carbocycles. The molecule has 1 aromatic rings. The predicted molar refractivity (Wildman–Crippen MR) is 95.7 cm³/mol. The van der Waals surface area contributed by atoms with E-state index in [-0.39, 0.29) is 10.6 Å². The molecule has 1 atom stereocenters. The van der Waals surface area contributed by atoms with Crippen molar-refractivity contribution in [2.24, 2.45) is 0 Å². The number of carbonyl (C=O) groups is 1. The van der Waals surface area contributed by atoms with Gasteiger partial charge in [-0.1, -0.05) is 19.8 Å². The number of benzene rings is 1. The van der Waals surface area contributed by atoms with Crippen molar-refractivity contribution < 1.29 is 23.2 Å². The summed E-state index contributed by atoms with van der Waals surface area (Å²) in [6, 6.07) is 2.56. The van der Waals surface area contributed by atoms with E-state index in [1.165, 1.54) is 16.4 Å². The van der Waals surface area contributed by atoms with Gasteiger partial charge in [-0.3, -0.25) is 10.1 Å². The normalized spacial score (nSPS) is 16.8. The number of hydrogen-bond acceptors (Lipinski definition) is 6. The third-order valence-electron chi connectivity index (χ3n) is 4.32. The number of aliphatic carboxylic acids is 1. The number of hydrogen-bond donors (Lipinski definition) is 2. The van der Waals surface area contributed by atoms with Crippen LogP contribution in [0.25, 0.3) is 0 Å². The zero-order valence-electron chi connectivity index (χ0n) is 14.6.